The lowest BCUT2D eigenvalue weighted by molar-refractivity contribution is 0.666. The van der Waals surface area contributed by atoms with E-state index in [-0.39, 0.29) is 5.41 Å². The minimum absolute atomic E-state index is 0.0930. The molecule has 0 saturated carbocycles. The molecule has 2 nitrogen and oxygen atoms in total. The number of hydrogen-bond acceptors (Lipinski definition) is 2. The van der Waals surface area contributed by atoms with Gasteiger partial charge >= 0.3 is 0 Å². The maximum Gasteiger partial charge on any atom is 0.161 e. The van der Waals surface area contributed by atoms with Crippen LogP contribution >= 0.6 is 0 Å². The zero-order valence-corrected chi connectivity index (χ0v) is 30.7. The molecular formula is C53H36N2. The van der Waals surface area contributed by atoms with Crippen LogP contribution in [0.15, 0.2) is 182 Å². The smallest absolute Gasteiger partial charge is 0.161 e. The van der Waals surface area contributed by atoms with Crippen molar-refractivity contribution in [1.82, 2.24) is 9.97 Å². The van der Waals surface area contributed by atoms with Crippen LogP contribution in [0.5, 0.6) is 0 Å². The molecule has 1 aliphatic carbocycles. The fourth-order valence-corrected chi connectivity index (χ4v) is 9.27. The van der Waals surface area contributed by atoms with Crippen molar-refractivity contribution < 1.29 is 0 Å². The quantitative estimate of drug-likeness (QED) is 0.183. The first-order chi connectivity index (χ1) is 27.0. The second-order valence-corrected chi connectivity index (χ2v) is 15.3. The van der Waals surface area contributed by atoms with Crippen molar-refractivity contribution in [3.8, 4) is 56.2 Å². The van der Waals surface area contributed by atoms with Gasteiger partial charge in [0.05, 0.1) is 11.4 Å². The molecule has 0 atom stereocenters. The fraction of sp³-hybridized carbons (Fsp3) is 0.0566. The number of hydrogen-bond donors (Lipinski definition) is 0. The predicted molar refractivity (Wildman–Crippen MR) is 231 cm³/mol. The molecule has 1 aliphatic rings. The highest BCUT2D eigenvalue weighted by Crippen LogP contribution is 2.52. The number of fused-ring (bicyclic) bond motifs is 8. The molecule has 1 aromatic heterocycles. The van der Waals surface area contributed by atoms with Crippen LogP contribution in [0.2, 0.25) is 0 Å². The minimum atomic E-state index is -0.0930. The van der Waals surface area contributed by atoms with Crippen LogP contribution in [0.4, 0.5) is 0 Å². The van der Waals surface area contributed by atoms with Gasteiger partial charge in [-0.25, -0.2) is 9.97 Å². The van der Waals surface area contributed by atoms with E-state index < -0.39 is 0 Å². The van der Waals surface area contributed by atoms with Crippen molar-refractivity contribution in [2.24, 2.45) is 0 Å². The van der Waals surface area contributed by atoms with E-state index in [2.05, 4.69) is 196 Å². The van der Waals surface area contributed by atoms with Crippen LogP contribution < -0.4 is 0 Å². The summed E-state index contributed by atoms with van der Waals surface area (Å²) >= 11 is 0. The second-order valence-electron chi connectivity index (χ2n) is 15.3. The molecule has 1 heterocycles. The lowest BCUT2D eigenvalue weighted by Crippen LogP contribution is -2.15. The fourth-order valence-electron chi connectivity index (χ4n) is 9.27. The summed E-state index contributed by atoms with van der Waals surface area (Å²) in [4.78, 5) is 10.8. The third-order valence-corrected chi connectivity index (χ3v) is 11.9. The summed E-state index contributed by atoms with van der Waals surface area (Å²) in [7, 11) is 0. The summed E-state index contributed by atoms with van der Waals surface area (Å²) in [6, 6.07) is 65.9. The van der Waals surface area contributed by atoms with Gasteiger partial charge in [0.1, 0.15) is 0 Å². The Hall–Kier alpha value is -6.90. The van der Waals surface area contributed by atoms with E-state index in [0.717, 1.165) is 33.5 Å². The highest BCUT2D eigenvalue weighted by atomic mass is 14.9. The van der Waals surface area contributed by atoms with Gasteiger partial charge in [-0.15, -0.1) is 0 Å². The molecule has 0 spiro atoms. The molecule has 2 heteroatoms. The van der Waals surface area contributed by atoms with Crippen molar-refractivity contribution in [2.75, 3.05) is 0 Å². The van der Waals surface area contributed by atoms with Crippen molar-refractivity contribution >= 4 is 43.1 Å². The third kappa shape index (κ3) is 4.88. The summed E-state index contributed by atoms with van der Waals surface area (Å²) in [5.41, 5.74) is 12.8. The molecule has 0 unspecified atom stereocenters. The normalized spacial score (nSPS) is 13.1. The first kappa shape index (κ1) is 31.6. The zero-order chi connectivity index (χ0) is 36.7. The van der Waals surface area contributed by atoms with Crippen molar-refractivity contribution in [3.05, 3.63) is 193 Å². The molecule has 0 radical (unpaired) electrons. The highest BCUT2D eigenvalue weighted by Gasteiger charge is 2.37. The van der Waals surface area contributed by atoms with E-state index >= 15 is 0 Å². The Balaban J connectivity index is 1.11. The predicted octanol–water partition coefficient (Wildman–Crippen LogP) is 14.1. The SMILES string of the molecule is CC1(C)c2ccc(-c3ccc(-c4nc(-c5cccc6ccccc56)cc(-c5cccc6ccccc56)n4)c4ccccc34)cc2-c2ccc3ccccc3c21. The van der Waals surface area contributed by atoms with Gasteiger partial charge in [0.2, 0.25) is 0 Å². The Morgan fingerprint density at radius 1 is 0.345 bits per heavy atom. The van der Waals surface area contributed by atoms with Crippen LogP contribution in [0.1, 0.15) is 25.0 Å². The van der Waals surface area contributed by atoms with Crippen LogP contribution in [-0.4, -0.2) is 9.97 Å². The second kappa shape index (κ2) is 12.1. The first-order valence-corrected chi connectivity index (χ1v) is 19.1. The summed E-state index contributed by atoms with van der Waals surface area (Å²) < 4.78 is 0. The van der Waals surface area contributed by atoms with E-state index in [1.54, 1.807) is 0 Å². The maximum atomic E-state index is 5.38. The summed E-state index contributed by atoms with van der Waals surface area (Å²) in [5, 5.41) is 9.67. The van der Waals surface area contributed by atoms with E-state index in [9.17, 15) is 0 Å². The lowest BCUT2D eigenvalue weighted by Gasteiger charge is -2.23. The lowest BCUT2D eigenvalue weighted by atomic mass is 9.80. The molecule has 0 amide bonds. The largest absolute Gasteiger partial charge is 0.228 e. The van der Waals surface area contributed by atoms with E-state index in [1.165, 1.54) is 71.1 Å². The Kier molecular flexibility index (Phi) is 6.93. The first-order valence-electron chi connectivity index (χ1n) is 19.1. The van der Waals surface area contributed by atoms with Crippen molar-refractivity contribution in [2.45, 2.75) is 19.3 Å². The Labute approximate surface area is 320 Å². The molecule has 258 valence electrons. The van der Waals surface area contributed by atoms with Crippen LogP contribution in [0, 0.1) is 0 Å². The molecule has 0 aliphatic heterocycles. The summed E-state index contributed by atoms with van der Waals surface area (Å²) in [6.07, 6.45) is 0. The molecule has 9 aromatic carbocycles. The van der Waals surface area contributed by atoms with E-state index in [1.807, 2.05) is 0 Å². The number of rotatable bonds is 4. The van der Waals surface area contributed by atoms with Gasteiger partial charge in [0.25, 0.3) is 0 Å². The Bertz CT molecular complexity index is 3080. The number of nitrogens with zero attached hydrogens (tertiary/aromatic N) is 2. The van der Waals surface area contributed by atoms with Gasteiger partial charge in [-0.1, -0.05) is 178 Å². The molecule has 0 fully saturated rings. The van der Waals surface area contributed by atoms with Gasteiger partial charge < -0.3 is 0 Å². The number of aromatic nitrogens is 2. The van der Waals surface area contributed by atoms with Gasteiger partial charge in [-0.05, 0) is 94.7 Å². The van der Waals surface area contributed by atoms with E-state index in [0.29, 0.717) is 5.82 Å². The Morgan fingerprint density at radius 2 is 0.836 bits per heavy atom. The van der Waals surface area contributed by atoms with Gasteiger partial charge in [-0.2, -0.15) is 0 Å². The van der Waals surface area contributed by atoms with Crippen LogP contribution in [-0.2, 0) is 5.41 Å². The highest BCUT2D eigenvalue weighted by molar-refractivity contribution is 6.06. The molecule has 0 N–H and O–H groups in total. The van der Waals surface area contributed by atoms with Crippen LogP contribution in [0.25, 0.3) is 99.2 Å². The molecule has 10 aromatic rings. The van der Waals surface area contributed by atoms with Crippen molar-refractivity contribution in [3.63, 3.8) is 0 Å². The van der Waals surface area contributed by atoms with Gasteiger partial charge in [-0.3, -0.25) is 0 Å². The topological polar surface area (TPSA) is 25.8 Å². The van der Waals surface area contributed by atoms with Crippen molar-refractivity contribution in [1.29, 1.82) is 0 Å². The maximum absolute atomic E-state index is 5.38. The average Bonchev–Trinajstić information content (AvgIpc) is 3.48. The molecule has 0 bridgehead atoms. The van der Waals surface area contributed by atoms with Gasteiger partial charge in [0, 0.05) is 22.1 Å². The summed E-state index contributed by atoms with van der Waals surface area (Å²) in [5.74, 6) is 0.715. The standard InChI is InChI=1S/C53H36N2/c1-53(2)48-30-26-36(31-47(48)45-27-25-35-15-5-8-20-40(35)51(45)53)39-28-29-46(42-22-10-9-21-41(39)42)52-54-49(43-23-11-16-33-13-3-6-18-37(33)43)32-50(55-52)44-24-12-17-34-14-4-7-19-38(34)44/h3-32H,1-2H3. The van der Waals surface area contributed by atoms with E-state index in [4.69, 9.17) is 9.97 Å². The monoisotopic (exact) mass is 700 g/mol. The van der Waals surface area contributed by atoms with Gasteiger partial charge in [0.15, 0.2) is 5.82 Å². The Morgan fingerprint density at radius 3 is 1.47 bits per heavy atom. The molecular weight excluding hydrogens is 665 g/mol. The minimum Gasteiger partial charge on any atom is -0.228 e. The van der Waals surface area contributed by atoms with Crippen LogP contribution in [0.3, 0.4) is 0 Å². The zero-order valence-electron chi connectivity index (χ0n) is 30.7. The molecule has 55 heavy (non-hydrogen) atoms. The molecule has 11 rings (SSSR count). The average molecular weight is 701 g/mol. The summed E-state index contributed by atoms with van der Waals surface area (Å²) in [6.45, 7) is 4.74. The number of benzene rings is 9. The third-order valence-electron chi connectivity index (χ3n) is 11.9. The molecule has 0 saturated heterocycles.